The van der Waals surface area contributed by atoms with Crippen molar-refractivity contribution < 1.29 is 14.7 Å². The Morgan fingerprint density at radius 3 is 3.05 bits per heavy atom. The second-order valence-electron chi connectivity index (χ2n) is 4.80. The summed E-state index contributed by atoms with van der Waals surface area (Å²) in [7, 11) is 0. The number of hydrogen-bond donors (Lipinski definition) is 3. The van der Waals surface area contributed by atoms with Crippen molar-refractivity contribution in [1.82, 2.24) is 20.4 Å². The molecule has 1 aromatic rings. The van der Waals surface area contributed by atoms with Crippen LogP contribution in [0.25, 0.3) is 0 Å². The third kappa shape index (κ3) is 3.24. The second-order valence-corrected chi connectivity index (χ2v) is 4.80. The molecular formula is C12H18N4O3. The van der Waals surface area contributed by atoms with Gasteiger partial charge in [-0.15, -0.1) is 0 Å². The topological polar surface area (TPSA) is 98.3 Å². The van der Waals surface area contributed by atoms with Gasteiger partial charge in [0.1, 0.15) is 0 Å². The SMILES string of the molecule is Cc1[nH]ncc1CNC(=O)N1CCC[C@H](C(=O)O)C1. The number of carboxylic acid groups (broad SMARTS) is 1. The Kier molecular flexibility index (Phi) is 4.03. The maximum absolute atomic E-state index is 12.0. The lowest BCUT2D eigenvalue weighted by Gasteiger charge is -2.30. The van der Waals surface area contributed by atoms with Crippen LogP contribution in [0.5, 0.6) is 0 Å². The van der Waals surface area contributed by atoms with Crippen molar-refractivity contribution in [3.05, 3.63) is 17.5 Å². The van der Waals surface area contributed by atoms with Crippen LogP contribution >= 0.6 is 0 Å². The molecule has 1 atom stereocenters. The van der Waals surface area contributed by atoms with Gasteiger partial charge in [0.05, 0.1) is 12.1 Å². The minimum absolute atomic E-state index is 0.216. The van der Waals surface area contributed by atoms with Gasteiger partial charge in [0.15, 0.2) is 0 Å². The monoisotopic (exact) mass is 266 g/mol. The molecule has 0 aromatic carbocycles. The van der Waals surface area contributed by atoms with E-state index in [1.54, 1.807) is 11.1 Å². The number of nitrogens with zero attached hydrogens (tertiary/aromatic N) is 2. The molecule has 0 bridgehead atoms. The second kappa shape index (κ2) is 5.73. The summed E-state index contributed by atoms with van der Waals surface area (Å²) in [5.41, 5.74) is 1.85. The normalized spacial score (nSPS) is 19.2. The highest BCUT2D eigenvalue weighted by molar-refractivity contribution is 5.76. The number of rotatable bonds is 3. The third-order valence-electron chi connectivity index (χ3n) is 3.42. The Morgan fingerprint density at radius 1 is 1.63 bits per heavy atom. The number of likely N-dealkylation sites (tertiary alicyclic amines) is 1. The molecular weight excluding hydrogens is 248 g/mol. The highest BCUT2D eigenvalue weighted by atomic mass is 16.4. The molecule has 0 spiro atoms. The Labute approximate surface area is 111 Å². The fourth-order valence-electron chi connectivity index (χ4n) is 2.20. The van der Waals surface area contributed by atoms with E-state index in [2.05, 4.69) is 15.5 Å². The van der Waals surface area contributed by atoms with E-state index in [1.165, 1.54) is 0 Å². The number of nitrogens with one attached hydrogen (secondary N) is 2. The molecule has 2 rings (SSSR count). The zero-order chi connectivity index (χ0) is 13.8. The van der Waals surface area contributed by atoms with E-state index in [0.29, 0.717) is 19.5 Å². The Bertz CT molecular complexity index is 471. The fourth-order valence-corrected chi connectivity index (χ4v) is 2.20. The summed E-state index contributed by atoms with van der Waals surface area (Å²) in [6.45, 7) is 3.18. The lowest BCUT2D eigenvalue weighted by atomic mass is 9.99. The third-order valence-corrected chi connectivity index (χ3v) is 3.42. The summed E-state index contributed by atoms with van der Waals surface area (Å²) in [5.74, 6) is -1.28. The molecule has 1 aliphatic rings. The van der Waals surface area contributed by atoms with E-state index < -0.39 is 11.9 Å². The molecule has 2 amide bonds. The first-order valence-corrected chi connectivity index (χ1v) is 6.32. The molecule has 3 N–H and O–H groups in total. The molecule has 1 saturated heterocycles. The highest BCUT2D eigenvalue weighted by Crippen LogP contribution is 2.16. The largest absolute Gasteiger partial charge is 0.481 e. The maximum atomic E-state index is 12.0. The number of urea groups is 1. The average molecular weight is 266 g/mol. The lowest BCUT2D eigenvalue weighted by Crippen LogP contribution is -2.46. The van der Waals surface area contributed by atoms with Crippen LogP contribution in [-0.4, -0.2) is 45.3 Å². The molecule has 19 heavy (non-hydrogen) atoms. The van der Waals surface area contributed by atoms with Gasteiger partial charge in [-0.3, -0.25) is 9.89 Å². The summed E-state index contributed by atoms with van der Waals surface area (Å²) < 4.78 is 0. The molecule has 0 unspecified atom stereocenters. The van der Waals surface area contributed by atoms with Crippen LogP contribution in [0, 0.1) is 12.8 Å². The van der Waals surface area contributed by atoms with Gasteiger partial charge in [0.25, 0.3) is 0 Å². The van der Waals surface area contributed by atoms with Crippen LogP contribution in [0.2, 0.25) is 0 Å². The standard InChI is InChI=1S/C12H18N4O3/c1-8-10(6-14-15-8)5-13-12(19)16-4-2-3-9(7-16)11(17)18/h6,9H,2-5,7H2,1H3,(H,13,19)(H,14,15)(H,17,18)/t9-/m0/s1. The van der Waals surface area contributed by atoms with Crippen molar-refractivity contribution in [3.8, 4) is 0 Å². The first kappa shape index (κ1) is 13.4. The van der Waals surface area contributed by atoms with Gasteiger partial charge in [0, 0.05) is 30.9 Å². The van der Waals surface area contributed by atoms with Crippen LogP contribution in [0.3, 0.4) is 0 Å². The quantitative estimate of drug-likeness (QED) is 0.751. The van der Waals surface area contributed by atoms with E-state index >= 15 is 0 Å². The highest BCUT2D eigenvalue weighted by Gasteiger charge is 2.27. The molecule has 1 fully saturated rings. The van der Waals surface area contributed by atoms with E-state index in [1.807, 2.05) is 6.92 Å². The van der Waals surface area contributed by atoms with Crippen molar-refractivity contribution in [1.29, 1.82) is 0 Å². The number of aryl methyl sites for hydroxylation is 1. The minimum atomic E-state index is -0.830. The number of aliphatic carboxylic acids is 1. The van der Waals surface area contributed by atoms with Crippen molar-refractivity contribution in [2.45, 2.75) is 26.3 Å². The molecule has 1 aliphatic heterocycles. The molecule has 104 valence electrons. The van der Waals surface area contributed by atoms with Gasteiger partial charge in [-0.1, -0.05) is 0 Å². The lowest BCUT2D eigenvalue weighted by molar-refractivity contribution is -0.143. The summed E-state index contributed by atoms with van der Waals surface area (Å²) in [6, 6.07) is -0.216. The minimum Gasteiger partial charge on any atom is -0.481 e. The number of aromatic nitrogens is 2. The Hall–Kier alpha value is -2.05. The molecule has 0 aliphatic carbocycles. The van der Waals surface area contributed by atoms with Crippen LogP contribution < -0.4 is 5.32 Å². The first-order chi connectivity index (χ1) is 9.08. The van der Waals surface area contributed by atoms with Crippen LogP contribution in [-0.2, 0) is 11.3 Å². The number of piperidine rings is 1. The number of carbonyl (C=O) groups is 2. The van der Waals surface area contributed by atoms with E-state index in [-0.39, 0.29) is 12.6 Å². The van der Waals surface area contributed by atoms with Gasteiger partial charge >= 0.3 is 12.0 Å². The maximum Gasteiger partial charge on any atom is 0.317 e. The smallest absolute Gasteiger partial charge is 0.317 e. The van der Waals surface area contributed by atoms with E-state index in [0.717, 1.165) is 17.7 Å². The first-order valence-electron chi connectivity index (χ1n) is 6.32. The summed E-state index contributed by atoms with van der Waals surface area (Å²) in [6.07, 6.45) is 3.04. The predicted molar refractivity (Wildman–Crippen MR) is 67.5 cm³/mol. The van der Waals surface area contributed by atoms with Gasteiger partial charge in [-0.05, 0) is 19.8 Å². The number of carbonyl (C=O) groups excluding carboxylic acids is 1. The van der Waals surface area contributed by atoms with Crippen LogP contribution in [0.1, 0.15) is 24.1 Å². The Morgan fingerprint density at radius 2 is 2.42 bits per heavy atom. The van der Waals surface area contributed by atoms with Crippen molar-refractivity contribution >= 4 is 12.0 Å². The average Bonchev–Trinajstić information content (AvgIpc) is 2.81. The zero-order valence-electron chi connectivity index (χ0n) is 10.8. The summed E-state index contributed by atoms with van der Waals surface area (Å²) in [4.78, 5) is 24.5. The van der Waals surface area contributed by atoms with Gasteiger partial charge in [-0.25, -0.2) is 4.79 Å². The molecule has 2 heterocycles. The van der Waals surface area contributed by atoms with Crippen molar-refractivity contribution in [3.63, 3.8) is 0 Å². The number of aromatic amines is 1. The zero-order valence-corrected chi connectivity index (χ0v) is 10.8. The number of amides is 2. The number of H-pyrrole nitrogens is 1. The van der Waals surface area contributed by atoms with Crippen LogP contribution in [0.4, 0.5) is 4.79 Å². The molecule has 0 radical (unpaired) electrons. The summed E-state index contributed by atoms with van der Waals surface area (Å²) >= 11 is 0. The predicted octanol–water partition coefficient (Wildman–Crippen LogP) is 0.724. The summed E-state index contributed by atoms with van der Waals surface area (Å²) in [5, 5.41) is 18.5. The molecule has 0 saturated carbocycles. The van der Waals surface area contributed by atoms with E-state index in [4.69, 9.17) is 5.11 Å². The van der Waals surface area contributed by atoms with E-state index in [9.17, 15) is 9.59 Å². The van der Waals surface area contributed by atoms with Crippen molar-refractivity contribution in [2.24, 2.45) is 5.92 Å². The van der Waals surface area contributed by atoms with Gasteiger partial charge in [0.2, 0.25) is 0 Å². The number of carboxylic acids is 1. The van der Waals surface area contributed by atoms with Crippen LogP contribution in [0.15, 0.2) is 6.20 Å². The molecule has 1 aromatic heterocycles. The van der Waals surface area contributed by atoms with Crippen molar-refractivity contribution in [2.75, 3.05) is 13.1 Å². The Balaban J connectivity index is 1.86. The van der Waals surface area contributed by atoms with Gasteiger partial charge in [-0.2, -0.15) is 5.10 Å². The number of hydrogen-bond acceptors (Lipinski definition) is 3. The fraction of sp³-hybridized carbons (Fsp3) is 0.583. The molecule has 7 nitrogen and oxygen atoms in total. The van der Waals surface area contributed by atoms with Gasteiger partial charge < -0.3 is 15.3 Å². The molecule has 7 heteroatoms.